The minimum Gasteiger partial charge on any atom is -0.396 e. The van der Waals surface area contributed by atoms with Gasteiger partial charge in [0.15, 0.2) is 0 Å². The number of benzene rings is 1. The second-order valence-corrected chi connectivity index (χ2v) is 8.16. The highest BCUT2D eigenvalue weighted by Crippen LogP contribution is 2.51. The van der Waals surface area contributed by atoms with E-state index in [4.69, 9.17) is 4.74 Å². The van der Waals surface area contributed by atoms with E-state index in [0.29, 0.717) is 18.7 Å². The fourth-order valence-corrected chi connectivity index (χ4v) is 5.16. The Bertz CT molecular complexity index is 874. The lowest BCUT2D eigenvalue weighted by atomic mass is 9.72. The van der Waals surface area contributed by atoms with Gasteiger partial charge in [-0.2, -0.15) is 0 Å². The van der Waals surface area contributed by atoms with Crippen molar-refractivity contribution in [3.8, 4) is 0 Å². The zero-order valence-electron chi connectivity index (χ0n) is 16.9. The fraction of sp³-hybridized carbons (Fsp3) is 0.619. The van der Waals surface area contributed by atoms with Crippen LogP contribution < -0.4 is 5.32 Å². The van der Waals surface area contributed by atoms with Crippen molar-refractivity contribution in [1.82, 2.24) is 14.5 Å². The number of aromatic nitrogens is 2. The lowest BCUT2D eigenvalue weighted by Crippen LogP contribution is -2.42. The van der Waals surface area contributed by atoms with E-state index in [1.54, 1.807) is 7.11 Å². The van der Waals surface area contributed by atoms with E-state index < -0.39 is 0 Å². The zero-order valence-corrected chi connectivity index (χ0v) is 16.9. The van der Waals surface area contributed by atoms with Gasteiger partial charge >= 0.3 is 0 Å². The monoisotopic (exact) mass is 386 g/mol. The molecule has 7 nitrogen and oxygen atoms in total. The number of hydrogen-bond acceptors (Lipinski definition) is 5. The smallest absolute Gasteiger partial charge is 0.254 e. The first-order valence-corrected chi connectivity index (χ1v) is 10.2. The van der Waals surface area contributed by atoms with Crippen molar-refractivity contribution in [1.29, 1.82) is 0 Å². The van der Waals surface area contributed by atoms with Gasteiger partial charge in [-0.1, -0.05) is 6.92 Å². The lowest BCUT2D eigenvalue weighted by Gasteiger charge is -2.34. The van der Waals surface area contributed by atoms with E-state index in [1.807, 2.05) is 34.7 Å². The van der Waals surface area contributed by atoms with Gasteiger partial charge in [0, 0.05) is 43.8 Å². The van der Waals surface area contributed by atoms with E-state index in [9.17, 15) is 9.90 Å². The van der Waals surface area contributed by atoms with Crippen molar-refractivity contribution in [2.45, 2.75) is 44.7 Å². The predicted molar refractivity (Wildman–Crippen MR) is 108 cm³/mol. The molecular weight excluding hydrogens is 356 g/mol. The van der Waals surface area contributed by atoms with E-state index in [0.717, 1.165) is 42.7 Å². The molecule has 2 aromatic rings. The summed E-state index contributed by atoms with van der Waals surface area (Å²) in [5, 5.41) is 13.3. The number of nitrogens with zero attached hydrogens (tertiary/aromatic N) is 3. The summed E-state index contributed by atoms with van der Waals surface area (Å²) in [6.07, 6.45) is 3.85. The van der Waals surface area contributed by atoms with Gasteiger partial charge in [-0.05, 0) is 43.9 Å². The van der Waals surface area contributed by atoms with Crippen LogP contribution in [-0.4, -0.2) is 64.4 Å². The second kappa shape index (κ2) is 7.37. The molecule has 2 fully saturated rings. The summed E-state index contributed by atoms with van der Waals surface area (Å²) in [4.78, 5) is 20.0. The average molecular weight is 386 g/mol. The Balaban J connectivity index is 1.60. The Kier molecular flexibility index (Phi) is 5.05. The van der Waals surface area contributed by atoms with Gasteiger partial charge in [-0.15, -0.1) is 0 Å². The van der Waals surface area contributed by atoms with E-state index in [2.05, 4.69) is 17.2 Å². The topological polar surface area (TPSA) is 79.6 Å². The summed E-state index contributed by atoms with van der Waals surface area (Å²) in [5.41, 5.74) is 2.34. The summed E-state index contributed by atoms with van der Waals surface area (Å²) in [5.74, 6) is 0.834. The Morgan fingerprint density at radius 1 is 1.43 bits per heavy atom. The van der Waals surface area contributed by atoms with Crippen LogP contribution in [-0.2, 0) is 11.8 Å². The van der Waals surface area contributed by atoms with Gasteiger partial charge in [-0.3, -0.25) is 4.79 Å². The number of carbonyl (C=O) groups excluding carboxylic acids is 1. The maximum absolute atomic E-state index is 13.4. The summed E-state index contributed by atoms with van der Waals surface area (Å²) in [6, 6.07) is 6.15. The van der Waals surface area contributed by atoms with Crippen molar-refractivity contribution in [2.24, 2.45) is 12.5 Å². The van der Waals surface area contributed by atoms with Gasteiger partial charge in [0.2, 0.25) is 5.95 Å². The number of methoxy groups -OCH3 is 1. The number of carbonyl (C=O) groups is 1. The number of amides is 1. The van der Waals surface area contributed by atoms with Crippen molar-refractivity contribution in [2.75, 3.05) is 32.2 Å². The number of rotatable bonds is 7. The molecule has 0 spiro atoms. The molecule has 0 radical (unpaired) electrons. The predicted octanol–water partition coefficient (Wildman–Crippen LogP) is 2.40. The van der Waals surface area contributed by atoms with Gasteiger partial charge < -0.3 is 24.6 Å². The maximum Gasteiger partial charge on any atom is 0.254 e. The van der Waals surface area contributed by atoms with Crippen LogP contribution in [0, 0.1) is 5.41 Å². The summed E-state index contributed by atoms with van der Waals surface area (Å²) < 4.78 is 7.07. The highest BCUT2D eigenvalue weighted by Gasteiger charge is 2.56. The number of aryl methyl sites for hydroxylation is 1. The molecule has 0 aliphatic carbocycles. The van der Waals surface area contributed by atoms with Gasteiger partial charge in [0.05, 0.1) is 24.2 Å². The van der Waals surface area contributed by atoms with E-state index in [-0.39, 0.29) is 30.0 Å². The molecule has 2 saturated heterocycles. The number of aliphatic hydroxyl groups is 1. The van der Waals surface area contributed by atoms with Crippen LogP contribution in [0.15, 0.2) is 18.2 Å². The first-order valence-electron chi connectivity index (χ1n) is 10.2. The van der Waals surface area contributed by atoms with Crippen molar-refractivity contribution in [3.63, 3.8) is 0 Å². The Labute approximate surface area is 165 Å². The number of hydrogen-bond donors (Lipinski definition) is 2. The molecule has 0 saturated carbocycles. The molecule has 152 valence electrons. The minimum absolute atomic E-state index is 0.0673. The molecule has 1 aromatic heterocycles. The number of imidazole rings is 1. The average Bonchev–Trinajstić information content (AvgIpc) is 3.37. The molecular formula is C21H30N4O3. The number of anilines is 1. The van der Waals surface area contributed by atoms with Gasteiger partial charge in [0.25, 0.3) is 5.91 Å². The van der Waals surface area contributed by atoms with Crippen LogP contribution in [0.2, 0.25) is 0 Å². The minimum atomic E-state index is -0.133. The fourth-order valence-electron chi connectivity index (χ4n) is 5.16. The highest BCUT2D eigenvalue weighted by atomic mass is 16.5. The molecule has 2 bridgehead atoms. The largest absolute Gasteiger partial charge is 0.396 e. The van der Waals surface area contributed by atoms with Crippen molar-refractivity contribution in [3.05, 3.63) is 23.8 Å². The quantitative estimate of drug-likeness (QED) is 0.715. The third-order valence-electron chi connectivity index (χ3n) is 6.82. The van der Waals surface area contributed by atoms with Crippen molar-refractivity contribution < 1.29 is 14.6 Å². The number of ether oxygens (including phenoxy) is 1. The second-order valence-electron chi connectivity index (χ2n) is 8.16. The van der Waals surface area contributed by atoms with Crippen LogP contribution in [0.3, 0.4) is 0 Å². The van der Waals surface area contributed by atoms with E-state index >= 15 is 0 Å². The highest BCUT2D eigenvalue weighted by molar-refractivity contribution is 5.98. The van der Waals surface area contributed by atoms with E-state index in [1.165, 1.54) is 0 Å². The molecule has 0 unspecified atom stereocenters. The normalized spacial score (nSPS) is 26.4. The van der Waals surface area contributed by atoms with Gasteiger partial charge in [-0.25, -0.2) is 4.98 Å². The molecule has 28 heavy (non-hydrogen) atoms. The Hall–Kier alpha value is -2.12. The lowest BCUT2D eigenvalue weighted by molar-refractivity contribution is 0.0557. The number of fused-ring (bicyclic) bond motifs is 3. The summed E-state index contributed by atoms with van der Waals surface area (Å²) >= 11 is 0. The molecule has 2 aliphatic heterocycles. The molecule has 4 rings (SSSR count). The molecule has 7 heteroatoms. The Morgan fingerprint density at radius 3 is 2.93 bits per heavy atom. The van der Waals surface area contributed by atoms with Crippen LogP contribution in [0.5, 0.6) is 0 Å². The van der Waals surface area contributed by atoms with Crippen molar-refractivity contribution >= 4 is 22.9 Å². The molecule has 2 aliphatic rings. The van der Waals surface area contributed by atoms with Crippen LogP contribution in [0.4, 0.5) is 5.95 Å². The number of nitrogens with one attached hydrogen (secondary N) is 1. The molecule has 2 N–H and O–H groups in total. The van der Waals surface area contributed by atoms with Crippen LogP contribution in [0.1, 0.15) is 43.0 Å². The molecule has 1 aromatic carbocycles. The molecule has 1 amide bonds. The molecule has 3 heterocycles. The van der Waals surface area contributed by atoms with Gasteiger partial charge in [0.1, 0.15) is 0 Å². The third kappa shape index (κ3) is 2.88. The first kappa shape index (κ1) is 19.2. The molecule has 3 atom stereocenters. The summed E-state index contributed by atoms with van der Waals surface area (Å²) in [6.45, 7) is 3.56. The van der Waals surface area contributed by atoms with Crippen LogP contribution in [0.25, 0.3) is 11.0 Å². The Morgan fingerprint density at radius 2 is 2.25 bits per heavy atom. The number of aliphatic hydroxyl groups excluding tert-OH is 1. The standard InChI is InChI=1S/C21H30N4O3/c1-4-21(13-26)12-15-6-8-18(21)25(15)19(27)14-5-7-17-16(11-14)23-20(24(17)2)22-9-10-28-3/h5,7,11,15,18,26H,4,6,8-10,12-13H2,1-3H3,(H,22,23)/t15-,18+,21-/m1/s1. The van der Waals surface area contributed by atoms with Crippen LogP contribution >= 0.6 is 0 Å². The SMILES string of the molecule is CC[C@]1(CO)C[C@H]2CC[C@@H]1N2C(=O)c1ccc2c(c1)nc(NCCOC)n2C. The first-order chi connectivity index (χ1) is 13.5. The zero-order chi connectivity index (χ0) is 19.9. The maximum atomic E-state index is 13.4. The summed E-state index contributed by atoms with van der Waals surface area (Å²) in [7, 11) is 3.63. The third-order valence-corrected chi connectivity index (χ3v) is 6.82.